The van der Waals surface area contributed by atoms with Crippen molar-refractivity contribution in [1.82, 2.24) is 0 Å². The fraction of sp³-hybridized carbons (Fsp3) is 0.615. The van der Waals surface area contributed by atoms with Crippen LogP contribution in [0.15, 0.2) is 28.9 Å². The van der Waals surface area contributed by atoms with E-state index in [1.54, 1.807) is 6.20 Å². The van der Waals surface area contributed by atoms with E-state index < -0.39 is 0 Å². The average Bonchev–Trinajstić information content (AvgIpc) is 2.22. The van der Waals surface area contributed by atoms with Crippen molar-refractivity contribution < 1.29 is 0 Å². The Kier molecular flexibility index (Phi) is 9.61. The van der Waals surface area contributed by atoms with Crippen LogP contribution in [0.1, 0.15) is 52.4 Å². The fourth-order valence-electron chi connectivity index (χ4n) is 1.41. The summed E-state index contributed by atoms with van der Waals surface area (Å²) in [5.74, 6) is 0. The number of rotatable bonds is 8. The quantitative estimate of drug-likeness (QED) is 0.305. The van der Waals surface area contributed by atoms with Crippen LogP contribution in [0.5, 0.6) is 0 Å². The van der Waals surface area contributed by atoms with Crippen molar-refractivity contribution in [2.45, 2.75) is 52.4 Å². The van der Waals surface area contributed by atoms with E-state index in [4.69, 9.17) is 0 Å². The normalized spacial score (nSPS) is 12.3. The largest absolute Gasteiger partial charge is 0.273 e. The molecule has 0 saturated carbocycles. The Bertz CT molecular complexity index is 189. The number of unbranched alkanes of at least 4 members (excludes halogenated alkanes) is 4. The summed E-state index contributed by atoms with van der Waals surface area (Å²) in [4.78, 5) is 3.71. The third-order valence-electron chi connectivity index (χ3n) is 2.33. The lowest BCUT2D eigenvalue weighted by Gasteiger charge is -2.01. The van der Waals surface area contributed by atoms with Crippen LogP contribution in [-0.2, 0) is 0 Å². The Hall–Kier alpha value is -0.850. The van der Waals surface area contributed by atoms with E-state index in [-0.39, 0.29) is 0 Å². The molecule has 14 heavy (non-hydrogen) atoms. The molecule has 0 N–H and O–H groups in total. The lowest BCUT2D eigenvalue weighted by atomic mass is 10.1. The van der Waals surface area contributed by atoms with E-state index >= 15 is 0 Å². The molecule has 0 rings (SSSR count). The van der Waals surface area contributed by atoms with Crippen molar-refractivity contribution >= 4 is 6.72 Å². The van der Waals surface area contributed by atoms with E-state index in [9.17, 15) is 0 Å². The molecule has 0 saturated heterocycles. The third kappa shape index (κ3) is 7.78. The molecule has 0 atom stereocenters. The number of aliphatic imine (C=N–C) groups is 1. The molecule has 0 aromatic rings. The lowest BCUT2D eigenvalue weighted by Crippen LogP contribution is -1.81. The maximum atomic E-state index is 3.71. The summed E-state index contributed by atoms with van der Waals surface area (Å²) in [6.07, 6.45) is 13.8. The van der Waals surface area contributed by atoms with Gasteiger partial charge in [0.25, 0.3) is 0 Å². The summed E-state index contributed by atoms with van der Waals surface area (Å²) < 4.78 is 0. The van der Waals surface area contributed by atoms with E-state index in [1.165, 1.54) is 44.1 Å². The van der Waals surface area contributed by atoms with Gasteiger partial charge in [-0.2, -0.15) is 0 Å². The molecular weight excluding hydrogens is 170 g/mol. The standard InChI is InChI=1S/C13H23N/c1-4-6-7-8-9-10-13(5-2)11-12-14-3/h5,11-12H,3-4,6-10H2,1-2H3/b12-11-,13-5-. The Morgan fingerprint density at radius 1 is 1.21 bits per heavy atom. The topological polar surface area (TPSA) is 12.4 Å². The predicted molar refractivity (Wildman–Crippen MR) is 65.8 cm³/mol. The van der Waals surface area contributed by atoms with E-state index in [0.717, 1.165) is 0 Å². The fourth-order valence-corrected chi connectivity index (χ4v) is 1.41. The van der Waals surface area contributed by atoms with Gasteiger partial charge in [0.2, 0.25) is 0 Å². The van der Waals surface area contributed by atoms with Crippen LogP contribution in [0.2, 0.25) is 0 Å². The van der Waals surface area contributed by atoms with Gasteiger partial charge in [-0.15, -0.1) is 0 Å². The minimum absolute atomic E-state index is 1.17. The van der Waals surface area contributed by atoms with Crippen LogP contribution in [-0.4, -0.2) is 6.72 Å². The molecule has 0 aliphatic rings. The Balaban J connectivity index is 3.54. The number of hydrogen-bond acceptors (Lipinski definition) is 1. The van der Waals surface area contributed by atoms with Gasteiger partial charge in [0.15, 0.2) is 0 Å². The lowest BCUT2D eigenvalue weighted by molar-refractivity contribution is 0.633. The van der Waals surface area contributed by atoms with Gasteiger partial charge in [-0.1, -0.05) is 44.3 Å². The maximum absolute atomic E-state index is 3.71. The zero-order valence-electron chi connectivity index (χ0n) is 9.63. The molecule has 80 valence electrons. The Morgan fingerprint density at radius 3 is 2.50 bits per heavy atom. The maximum Gasteiger partial charge on any atom is 0.0263 e. The molecule has 1 nitrogen and oxygen atoms in total. The molecule has 0 bridgehead atoms. The van der Waals surface area contributed by atoms with Crippen molar-refractivity contribution in [2.24, 2.45) is 4.99 Å². The van der Waals surface area contributed by atoms with Gasteiger partial charge in [0, 0.05) is 6.20 Å². The molecule has 0 aliphatic heterocycles. The van der Waals surface area contributed by atoms with E-state index in [0.29, 0.717) is 0 Å². The second-order valence-electron chi connectivity index (χ2n) is 3.53. The Labute approximate surface area is 88.6 Å². The number of hydrogen-bond donors (Lipinski definition) is 0. The van der Waals surface area contributed by atoms with Gasteiger partial charge >= 0.3 is 0 Å². The minimum atomic E-state index is 1.17. The molecule has 1 heteroatoms. The molecule has 0 heterocycles. The highest BCUT2D eigenvalue weighted by Crippen LogP contribution is 2.11. The van der Waals surface area contributed by atoms with Gasteiger partial charge in [-0.3, -0.25) is 4.99 Å². The highest BCUT2D eigenvalue weighted by Gasteiger charge is 1.92. The summed E-state index contributed by atoms with van der Waals surface area (Å²) in [6.45, 7) is 7.75. The predicted octanol–water partition coefficient (Wildman–Crippen LogP) is 4.51. The zero-order chi connectivity index (χ0) is 10.6. The van der Waals surface area contributed by atoms with Gasteiger partial charge in [0.05, 0.1) is 0 Å². The first-order chi connectivity index (χ1) is 6.85. The van der Waals surface area contributed by atoms with Crippen LogP contribution in [0.25, 0.3) is 0 Å². The molecule has 0 aromatic carbocycles. The minimum Gasteiger partial charge on any atom is -0.273 e. The van der Waals surface area contributed by atoms with Crippen molar-refractivity contribution in [3.8, 4) is 0 Å². The summed E-state index contributed by atoms with van der Waals surface area (Å²) in [6, 6.07) is 0. The monoisotopic (exact) mass is 193 g/mol. The summed E-state index contributed by atoms with van der Waals surface area (Å²) in [7, 11) is 0. The second kappa shape index (κ2) is 10.2. The highest BCUT2D eigenvalue weighted by atomic mass is 14.6. The molecule has 0 radical (unpaired) electrons. The van der Waals surface area contributed by atoms with Crippen molar-refractivity contribution in [3.05, 3.63) is 23.9 Å². The average molecular weight is 193 g/mol. The smallest absolute Gasteiger partial charge is 0.0263 e. The molecule has 0 fully saturated rings. The van der Waals surface area contributed by atoms with Gasteiger partial charge in [-0.05, 0) is 32.6 Å². The second-order valence-corrected chi connectivity index (χ2v) is 3.53. The first kappa shape index (κ1) is 13.2. The van der Waals surface area contributed by atoms with Gasteiger partial charge in [0.1, 0.15) is 0 Å². The van der Waals surface area contributed by atoms with Crippen molar-refractivity contribution in [3.63, 3.8) is 0 Å². The highest BCUT2D eigenvalue weighted by molar-refractivity contribution is 5.27. The molecule has 0 spiro atoms. The summed E-state index contributed by atoms with van der Waals surface area (Å²) in [5.41, 5.74) is 1.37. The van der Waals surface area contributed by atoms with Crippen molar-refractivity contribution in [1.29, 1.82) is 0 Å². The first-order valence-electron chi connectivity index (χ1n) is 5.62. The van der Waals surface area contributed by atoms with E-state index in [1.807, 2.05) is 6.08 Å². The zero-order valence-corrected chi connectivity index (χ0v) is 9.63. The van der Waals surface area contributed by atoms with Crippen LogP contribution in [0.3, 0.4) is 0 Å². The number of nitrogens with zero attached hydrogens (tertiary/aromatic N) is 1. The third-order valence-corrected chi connectivity index (χ3v) is 2.33. The molecule has 0 aromatic heterocycles. The number of allylic oxidation sites excluding steroid dienone is 3. The van der Waals surface area contributed by atoms with Crippen LogP contribution < -0.4 is 0 Å². The molecule has 0 unspecified atom stereocenters. The van der Waals surface area contributed by atoms with Crippen LogP contribution in [0.4, 0.5) is 0 Å². The summed E-state index contributed by atoms with van der Waals surface area (Å²) >= 11 is 0. The molecule has 0 aliphatic carbocycles. The molecule has 0 amide bonds. The first-order valence-corrected chi connectivity index (χ1v) is 5.62. The van der Waals surface area contributed by atoms with Crippen LogP contribution >= 0.6 is 0 Å². The summed E-state index contributed by atoms with van der Waals surface area (Å²) in [5, 5.41) is 0. The van der Waals surface area contributed by atoms with E-state index in [2.05, 4.69) is 31.6 Å². The van der Waals surface area contributed by atoms with Gasteiger partial charge < -0.3 is 0 Å². The van der Waals surface area contributed by atoms with Crippen molar-refractivity contribution in [2.75, 3.05) is 0 Å². The molecular formula is C13H23N. The Morgan fingerprint density at radius 2 is 1.93 bits per heavy atom. The SMILES string of the molecule is C=N/C=C\C(=C/C)CCCCCCC. The van der Waals surface area contributed by atoms with Crippen LogP contribution in [0, 0.1) is 0 Å². The van der Waals surface area contributed by atoms with Gasteiger partial charge in [-0.25, -0.2) is 0 Å².